The number of halogens is 2. The minimum Gasteiger partial charge on any atom is -0.493 e. The van der Waals surface area contributed by atoms with Gasteiger partial charge in [0.05, 0.1) is 11.1 Å². The fourth-order valence-corrected chi connectivity index (χ4v) is 2.74. The molecule has 1 atom stereocenters. The zero-order valence-electron chi connectivity index (χ0n) is 10.8. The van der Waals surface area contributed by atoms with Gasteiger partial charge >= 0.3 is 0 Å². The second kappa shape index (κ2) is 5.54. The number of ether oxygens (including phenoxy) is 1. The van der Waals surface area contributed by atoms with Crippen LogP contribution in [0.4, 0.5) is 4.39 Å². The molecule has 0 saturated carbocycles. The maximum absolute atomic E-state index is 13.6. The SMILES string of the molecule is OC(c1ccc(Br)c(F)c1)c1cccc2c1OCCC2. The lowest BCUT2D eigenvalue weighted by atomic mass is 9.95. The number of hydrogen-bond donors (Lipinski definition) is 1. The van der Waals surface area contributed by atoms with Crippen LogP contribution in [0.1, 0.15) is 29.2 Å². The van der Waals surface area contributed by atoms with Gasteiger partial charge in [-0.15, -0.1) is 0 Å². The molecule has 1 aliphatic rings. The third kappa shape index (κ3) is 2.45. The molecule has 2 aromatic rings. The van der Waals surface area contributed by atoms with Gasteiger partial charge in [-0.3, -0.25) is 0 Å². The number of benzene rings is 2. The molecule has 0 amide bonds. The van der Waals surface area contributed by atoms with Gasteiger partial charge in [0.2, 0.25) is 0 Å². The standard InChI is InChI=1S/C16H14BrFO2/c17-13-7-6-11(9-14(13)18)15(19)12-5-1-3-10-4-2-8-20-16(10)12/h1,3,5-7,9,15,19H,2,4,8H2. The van der Waals surface area contributed by atoms with Gasteiger partial charge in [0.25, 0.3) is 0 Å². The van der Waals surface area contributed by atoms with Crippen LogP contribution in [0.3, 0.4) is 0 Å². The largest absolute Gasteiger partial charge is 0.493 e. The van der Waals surface area contributed by atoms with Crippen LogP contribution in [0.5, 0.6) is 5.75 Å². The molecule has 0 aliphatic carbocycles. The van der Waals surface area contributed by atoms with Crippen LogP contribution < -0.4 is 4.74 Å². The van der Waals surface area contributed by atoms with E-state index in [2.05, 4.69) is 15.9 Å². The second-order valence-corrected chi connectivity index (χ2v) is 5.72. The Kier molecular flexibility index (Phi) is 3.76. The van der Waals surface area contributed by atoms with E-state index in [1.807, 2.05) is 18.2 Å². The first kappa shape index (κ1) is 13.6. The van der Waals surface area contributed by atoms with Crippen LogP contribution in [-0.4, -0.2) is 11.7 Å². The van der Waals surface area contributed by atoms with Crippen molar-refractivity contribution in [2.75, 3.05) is 6.61 Å². The van der Waals surface area contributed by atoms with E-state index in [0.29, 0.717) is 22.2 Å². The Labute approximate surface area is 125 Å². The number of aryl methyl sites for hydroxylation is 1. The topological polar surface area (TPSA) is 29.5 Å². The summed E-state index contributed by atoms with van der Waals surface area (Å²) in [4.78, 5) is 0. The molecule has 0 saturated heterocycles. The van der Waals surface area contributed by atoms with E-state index in [0.717, 1.165) is 24.2 Å². The fraction of sp³-hybridized carbons (Fsp3) is 0.250. The molecule has 0 bridgehead atoms. The molecule has 2 nitrogen and oxygen atoms in total. The molecule has 0 fully saturated rings. The lowest BCUT2D eigenvalue weighted by Crippen LogP contribution is -2.12. The van der Waals surface area contributed by atoms with Crippen molar-refractivity contribution in [3.63, 3.8) is 0 Å². The second-order valence-electron chi connectivity index (χ2n) is 4.86. The summed E-state index contributed by atoms with van der Waals surface area (Å²) in [5, 5.41) is 10.5. The summed E-state index contributed by atoms with van der Waals surface area (Å²) >= 11 is 3.11. The minimum atomic E-state index is -0.884. The summed E-state index contributed by atoms with van der Waals surface area (Å²) in [6, 6.07) is 10.4. The first-order valence-electron chi connectivity index (χ1n) is 6.54. The van der Waals surface area contributed by atoms with E-state index >= 15 is 0 Å². The Morgan fingerprint density at radius 2 is 2.10 bits per heavy atom. The molecule has 4 heteroatoms. The van der Waals surface area contributed by atoms with E-state index in [9.17, 15) is 9.50 Å². The van der Waals surface area contributed by atoms with Crippen molar-refractivity contribution in [3.05, 3.63) is 63.4 Å². The van der Waals surface area contributed by atoms with E-state index in [-0.39, 0.29) is 5.82 Å². The highest BCUT2D eigenvalue weighted by atomic mass is 79.9. The van der Waals surface area contributed by atoms with E-state index in [1.165, 1.54) is 6.07 Å². The normalized spacial score (nSPS) is 15.3. The maximum atomic E-state index is 13.6. The van der Waals surface area contributed by atoms with E-state index < -0.39 is 6.10 Å². The van der Waals surface area contributed by atoms with Crippen molar-refractivity contribution < 1.29 is 14.2 Å². The van der Waals surface area contributed by atoms with Crippen LogP contribution in [-0.2, 0) is 6.42 Å². The molecule has 0 radical (unpaired) electrons. The van der Waals surface area contributed by atoms with Gasteiger partial charge in [-0.1, -0.05) is 24.3 Å². The van der Waals surface area contributed by atoms with Crippen molar-refractivity contribution in [1.29, 1.82) is 0 Å². The van der Waals surface area contributed by atoms with Crippen LogP contribution >= 0.6 is 15.9 Å². The fourth-order valence-electron chi connectivity index (χ4n) is 2.49. The number of aliphatic hydroxyl groups excluding tert-OH is 1. The monoisotopic (exact) mass is 336 g/mol. The van der Waals surface area contributed by atoms with Crippen molar-refractivity contribution in [2.24, 2.45) is 0 Å². The highest BCUT2D eigenvalue weighted by molar-refractivity contribution is 9.10. The summed E-state index contributed by atoms with van der Waals surface area (Å²) in [6.07, 6.45) is 1.05. The van der Waals surface area contributed by atoms with Gasteiger partial charge in [-0.25, -0.2) is 4.39 Å². The third-order valence-electron chi connectivity index (χ3n) is 3.52. The van der Waals surface area contributed by atoms with Gasteiger partial charge < -0.3 is 9.84 Å². The molecular weight excluding hydrogens is 323 g/mol. The van der Waals surface area contributed by atoms with Crippen molar-refractivity contribution in [3.8, 4) is 5.75 Å². The molecule has 1 heterocycles. The quantitative estimate of drug-likeness (QED) is 0.898. The molecule has 1 unspecified atom stereocenters. The lowest BCUT2D eigenvalue weighted by Gasteiger charge is -2.23. The summed E-state index contributed by atoms with van der Waals surface area (Å²) in [6.45, 7) is 0.658. The smallest absolute Gasteiger partial charge is 0.137 e. The van der Waals surface area contributed by atoms with E-state index in [1.54, 1.807) is 12.1 Å². The van der Waals surface area contributed by atoms with Gasteiger partial charge in [-0.2, -0.15) is 0 Å². The van der Waals surface area contributed by atoms with Gasteiger partial charge in [-0.05, 0) is 52.0 Å². The lowest BCUT2D eigenvalue weighted by molar-refractivity contribution is 0.206. The highest BCUT2D eigenvalue weighted by Gasteiger charge is 2.21. The third-order valence-corrected chi connectivity index (χ3v) is 4.16. The van der Waals surface area contributed by atoms with Crippen molar-refractivity contribution in [1.82, 2.24) is 0 Å². The summed E-state index contributed by atoms with van der Waals surface area (Å²) in [5.41, 5.74) is 2.32. The molecular formula is C16H14BrFO2. The van der Waals surface area contributed by atoms with Crippen molar-refractivity contribution >= 4 is 15.9 Å². The molecule has 104 valence electrons. The van der Waals surface area contributed by atoms with E-state index in [4.69, 9.17) is 4.74 Å². The van der Waals surface area contributed by atoms with Gasteiger partial charge in [0.15, 0.2) is 0 Å². The van der Waals surface area contributed by atoms with Gasteiger partial charge in [0.1, 0.15) is 17.7 Å². The number of para-hydroxylation sites is 1. The molecule has 20 heavy (non-hydrogen) atoms. The number of hydrogen-bond acceptors (Lipinski definition) is 2. The summed E-state index contributed by atoms with van der Waals surface area (Å²) < 4.78 is 19.7. The predicted molar refractivity (Wildman–Crippen MR) is 78.4 cm³/mol. The molecule has 0 aromatic heterocycles. The van der Waals surface area contributed by atoms with Crippen LogP contribution in [0.15, 0.2) is 40.9 Å². The molecule has 2 aromatic carbocycles. The average Bonchev–Trinajstić information content (AvgIpc) is 2.49. The van der Waals surface area contributed by atoms with Crippen LogP contribution in [0.25, 0.3) is 0 Å². The Morgan fingerprint density at radius 1 is 1.25 bits per heavy atom. The van der Waals surface area contributed by atoms with Crippen molar-refractivity contribution in [2.45, 2.75) is 18.9 Å². The number of rotatable bonds is 2. The van der Waals surface area contributed by atoms with Crippen LogP contribution in [0.2, 0.25) is 0 Å². The maximum Gasteiger partial charge on any atom is 0.137 e. The Hall–Kier alpha value is -1.39. The Balaban J connectivity index is 2.02. The number of aliphatic hydroxyl groups is 1. The zero-order valence-corrected chi connectivity index (χ0v) is 12.4. The Morgan fingerprint density at radius 3 is 2.90 bits per heavy atom. The summed E-state index contributed by atoms with van der Waals surface area (Å²) in [7, 11) is 0. The minimum absolute atomic E-state index is 0.382. The molecule has 1 aliphatic heterocycles. The average molecular weight is 337 g/mol. The summed E-state index contributed by atoms with van der Waals surface area (Å²) in [5.74, 6) is 0.363. The Bertz CT molecular complexity index is 642. The first-order valence-corrected chi connectivity index (χ1v) is 7.33. The molecule has 3 rings (SSSR count). The van der Waals surface area contributed by atoms with Gasteiger partial charge in [0, 0.05) is 5.56 Å². The molecule has 1 N–H and O–H groups in total. The van der Waals surface area contributed by atoms with Crippen LogP contribution in [0, 0.1) is 5.82 Å². The highest BCUT2D eigenvalue weighted by Crippen LogP contribution is 2.36. The molecule has 0 spiro atoms. The zero-order chi connectivity index (χ0) is 14.1. The predicted octanol–water partition coefficient (Wildman–Crippen LogP) is 3.99. The number of fused-ring (bicyclic) bond motifs is 1. The first-order chi connectivity index (χ1) is 9.66.